The van der Waals surface area contributed by atoms with Gasteiger partial charge in [0.2, 0.25) is 0 Å². The standard InChI is InChI=1S/C21H22N4O3/c1-4-27-18-10-16(15-9-17(12-22-11-15)21(26)28-5-2)13-23-20(18)25-19-8-6-7-14(3)24-19/h6-13H,4-5H2,1-3H3,(H,23,24,25). The number of carbonyl (C=O) groups excluding carboxylic acids is 1. The lowest BCUT2D eigenvalue weighted by molar-refractivity contribution is 0.0526. The van der Waals surface area contributed by atoms with Gasteiger partial charge in [-0.1, -0.05) is 6.07 Å². The Morgan fingerprint density at radius 3 is 2.64 bits per heavy atom. The number of pyridine rings is 3. The van der Waals surface area contributed by atoms with Gasteiger partial charge in [-0.05, 0) is 45.0 Å². The van der Waals surface area contributed by atoms with E-state index in [1.807, 2.05) is 38.1 Å². The lowest BCUT2D eigenvalue weighted by Gasteiger charge is -2.13. The van der Waals surface area contributed by atoms with E-state index < -0.39 is 5.97 Å². The lowest BCUT2D eigenvalue weighted by Crippen LogP contribution is -2.05. The quantitative estimate of drug-likeness (QED) is 0.618. The van der Waals surface area contributed by atoms with Crippen LogP contribution in [0.4, 0.5) is 11.6 Å². The van der Waals surface area contributed by atoms with E-state index in [2.05, 4.69) is 20.3 Å². The molecule has 7 nitrogen and oxygen atoms in total. The highest BCUT2D eigenvalue weighted by Crippen LogP contribution is 2.30. The fourth-order valence-corrected chi connectivity index (χ4v) is 2.62. The second kappa shape index (κ2) is 8.94. The van der Waals surface area contributed by atoms with Crippen molar-refractivity contribution in [2.24, 2.45) is 0 Å². The van der Waals surface area contributed by atoms with Crippen LogP contribution in [-0.4, -0.2) is 34.1 Å². The number of ether oxygens (including phenoxy) is 2. The van der Waals surface area contributed by atoms with Crippen molar-refractivity contribution in [2.45, 2.75) is 20.8 Å². The maximum absolute atomic E-state index is 12.0. The molecule has 0 aliphatic heterocycles. The van der Waals surface area contributed by atoms with Gasteiger partial charge in [-0.2, -0.15) is 0 Å². The van der Waals surface area contributed by atoms with Gasteiger partial charge in [-0.25, -0.2) is 14.8 Å². The molecule has 0 amide bonds. The van der Waals surface area contributed by atoms with Gasteiger partial charge in [-0.15, -0.1) is 0 Å². The number of hydrogen-bond acceptors (Lipinski definition) is 7. The van der Waals surface area contributed by atoms with Crippen LogP contribution in [0.15, 0.2) is 48.9 Å². The Labute approximate surface area is 163 Å². The molecule has 0 aliphatic carbocycles. The first kappa shape index (κ1) is 19.3. The molecule has 0 aliphatic rings. The minimum absolute atomic E-state index is 0.312. The molecule has 144 valence electrons. The lowest BCUT2D eigenvalue weighted by atomic mass is 10.1. The maximum atomic E-state index is 12.0. The molecule has 1 N–H and O–H groups in total. The van der Waals surface area contributed by atoms with Crippen LogP contribution in [0.3, 0.4) is 0 Å². The number of hydrogen-bond donors (Lipinski definition) is 1. The van der Waals surface area contributed by atoms with Gasteiger partial charge < -0.3 is 14.8 Å². The molecule has 0 bridgehead atoms. The predicted molar refractivity (Wildman–Crippen MR) is 107 cm³/mol. The highest BCUT2D eigenvalue weighted by atomic mass is 16.5. The molecule has 0 fully saturated rings. The normalized spacial score (nSPS) is 10.4. The zero-order chi connectivity index (χ0) is 19.9. The summed E-state index contributed by atoms with van der Waals surface area (Å²) in [6.07, 6.45) is 4.86. The summed E-state index contributed by atoms with van der Waals surface area (Å²) in [5.74, 6) is 1.44. The zero-order valence-corrected chi connectivity index (χ0v) is 16.1. The van der Waals surface area contributed by atoms with Gasteiger partial charge in [-0.3, -0.25) is 4.98 Å². The van der Waals surface area contributed by atoms with Gasteiger partial charge in [0, 0.05) is 35.4 Å². The minimum atomic E-state index is -0.404. The van der Waals surface area contributed by atoms with Crippen molar-refractivity contribution in [1.29, 1.82) is 0 Å². The third-order valence-electron chi connectivity index (χ3n) is 3.87. The van der Waals surface area contributed by atoms with Crippen LogP contribution >= 0.6 is 0 Å². The van der Waals surface area contributed by atoms with Crippen LogP contribution in [0, 0.1) is 6.92 Å². The number of nitrogens with zero attached hydrogens (tertiary/aromatic N) is 3. The fourth-order valence-electron chi connectivity index (χ4n) is 2.62. The predicted octanol–water partition coefficient (Wildman–Crippen LogP) is 4.17. The first-order chi connectivity index (χ1) is 13.6. The number of esters is 1. The molecule has 3 aromatic rings. The number of aryl methyl sites for hydroxylation is 1. The maximum Gasteiger partial charge on any atom is 0.339 e. The van der Waals surface area contributed by atoms with Gasteiger partial charge >= 0.3 is 5.97 Å². The first-order valence-electron chi connectivity index (χ1n) is 9.06. The van der Waals surface area contributed by atoms with E-state index in [1.54, 1.807) is 25.4 Å². The second-order valence-corrected chi connectivity index (χ2v) is 5.98. The van der Waals surface area contributed by atoms with Crippen LogP contribution in [-0.2, 0) is 4.74 Å². The van der Waals surface area contributed by atoms with Crippen LogP contribution in [0.5, 0.6) is 5.75 Å². The molecule has 7 heteroatoms. The van der Waals surface area contributed by atoms with E-state index in [1.165, 1.54) is 6.20 Å². The Morgan fingerprint density at radius 1 is 1.07 bits per heavy atom. The molecule has 3 aromatic heterocycles. The fraction of sp³-hybridized carbons (Fsp3) is 0.238. The van der Waals surface area contributed by atoms with Crippen LogP contribution in [0.1, 0.15) is 29.9 Å². The Hall–Kier alpha value is -3.48. The van der Waals surface area contributed by atoms with Crippen molar-refractivity contribution < 1.29 is 14.3 Å². The molecule has 28 heavy (non-hydrogen) atoms. The Morgan fingerprint density at radius 2 is 1.89 bits per heavy atom. The van der Waals surface area contributed by atoms with E-state index in [0.29, 0.717) is 36.2 Å². The number of aromatic nitrogens is 3. The minimum Gasteiger partial charge on any atom is -0.490 e. The van der Waals surface area contributed by atoms with Crippen LogP contribution in [0.25, 0.3) is 11.1 Å². The highest BCUT2D eigenvalue weighted by molar-refractivity contribution is 5.90. The number of carbonyl (C=O) groups is 1. The molecule has 0 saturated heterocycles. The van der Waals surface area contributed by atoms with Crippen molar-refractivity contribution in [3.8, 4) is 16.9 Å². The summed E-state index contributed by atoms with van der Waals surface area (Å²) >= 11 is 0. The van der Waals surface area contributed by atoms with Gasteiger partial charge in [0.15, 0.2) is 11.6 Å². The molecule has 0 aromatic carbocycles. The number of anilines is 2. The molecular weight excluding hydrogens is 356 g/mol. The molecular formula is C21H22N4O3. The van der Waals surface area contributed by atoms with Crippen LogP contribution in [0.2, 0.25) is 0 Å². The van der Waals surface area contributed by atoms with Gasteiger partial charge in [0.25, 0.3) is 0 Å². The SMILES string of the molecule is CCOC(=O)c1cncc(-c2cnc(Nc3cccc(C)n3)c(OCC)c2)c1. The van der Waals surface area contributed by atoms with E-state index >= 15 is 0 Å². The summed E-state index contributed by atoms with van der Waals surface area (Å²) in [5, 5.41) is 3.19. The second-order valence-electron chi connectivity index (χ2n) is 5.98. The Bertz CT molecular complexity index is 975. The summed E-state index contributed by atoms with van der Waals surface area (Å²) in [6.45, 7) is 6.40. The molecule has 0 unspecified atom stereocenters. The van der Waals surface area contributed by atoms with Crippen molar-refractivity contribution in [3.63, 3.8) is 0 Å². The van der Waals surface area contributed by atoms with Crippen molar-refractivity contribution >= 4 is 17.6 Å². The van der Waals surface area contributed by atoms with E-state index in [-0.39, 0.29) is 0 Å². The summed E-state index contributed by atoms with van der Waals surface area (Å²) in [5.41, 5.74) is 2.83. The third-order valence-corrected chi connectivity index (χ3v) is 3.87. The first-order valence-corrected chi connectivity index (χ1v) is 9.06. The van der Waals surface area contributed by atoms with E-state index in [9.17, 15) is 4.79 Å². The largest absolute Gasteiger partial charge is 0.490 e. The Kier molecular flexibility index (Phi) is 6.16. The van der Waals surface area contributed by atoms with Crippen molar-refractivity contribution in [1.82, 2.24) is 15.0 Å². The molecule has 0 radical (unpaired) electrons. The third kappa shape index (κ3) is 4.62. The number of rotatable bonds is 7. The van der Waals surface area contributed by atoms with E-state index in [0.717, 1.165) is 16.8 Å². The summed E-state index contributed by atoms with van der Waals surface area (Å²) < 4.78 is 10.8. The topological polar surface area (TPSA) is 86.2 Å². The van der Waals surface area contributed by atoms with Crippen LogP contribution < -0.4 is 10.1 Å². The summed E-state index contributed by atoms with van der Waals surface area (Å²) in [4.78, 5) is 25.0. The van der Waals surface area contributed by atoms with Gasteiger partial charge in [0.05, 0.1) is 18.8 Å². The highest BCUT2D eigenvalue weighted by Gasteiger charge is 2.12. The summed E-state index contributed by atoms with van der Waals surface area (Å²) in [6, 6.07) is 9.30. The Balaban J connectivity index is 1.92. The summed E-state index contributed by atoms with van der Waals surface area (Å²) in [7, 11) is 0. The van der Waals surface area contributed by atoms with E-state index in [4.69, 9.17) is 9.47 Å². The zero-order valence-electron chi connectivity index (χ0n) is 16.1. The molecule has 0 atom stereocenters. The average Bonchev–Trinajstić information content (AvgIpc) is 2.70. The van der Waals surface area contributed by atoms with Gasteiger partial charge in [0.1, 0.15) is 5.82 Å². The molecule has 0 saturated carbocycles. The molecule has 3 rings (SSSR count). The molecule has 3 heterocycles. The smallest absolute Gasteiger partial charge is 0.339 e. The molecule has 0 spiro atoms. The van der Waals surface area contributed by atoms with Crippen molar-refractivity contribution in [2.75, 3.05) is 18.5 Å². The number of nitrogens with one attached hydrogen (secondary N) is 1. The van der Waals surface area contributed by atoms with Crippen molar-refractivity contribution in [3.05, 3.63) is 60.2 Å². The average molecular weight is 378 g/mol. The monoisotopic (exact) mass is 378 g/mol.